The molecule has 7 nitrogen and oxygen atoms in total. The van der Waals surface area contributed by atoms with E-state index in [1.807, 2.05) is 0 Å². The third kappa shape index (κ3) is 2.32. The van der Waals surface area contributed by atoms with Crippen molar-refractivity contribution in [2.45, 2.75) is 31.3 Å². The van der Waals surface area contributed by atoms with Crippen LogP contribution in [0.4, 0.5) is 4.79 Å². The number of hydrogen-bond donors (Lipinski definition) is 3. The fraction of sp³-hybridized carbons (Fsp3) is 0.700. The normalized spacial score (nSPS) is 29.1. The van der Waals surface area contributed by atoms with Crippen molar-refractivity contribution in [1.82, 2.24) is 15.5 Å². The predicted molar refractivity (Wildman–Crippen MR) is 57.3 cm³/mol. The summed E-state index contributed by atoms with van der Waals surface area (Å²) in [6.45, 7) is 0.547. The molecule has 2 aliphatic heterocycles. The van der Waals surface area contributed by atoms with Crippen LogP contribution in [0.15, 0.2) is 0 Å². The Balaban J connectivity index is 2.17. The maximum Gasteiger partial charge on any atom is 0.405 e. The summed E-state index contributed by atoms with van der Waals surface area (Å²) >= 11 is 0. The van der Waals surface area contributed by atoms with E-state index in [-0.39, 0.29) is 18.4 Å². The Hall–Kier alpha value is -1.79. The molecule has 17 heavy (non-hydrogen) atoms. The zero-order valence-corrected chi connectivity index (χ0v) is 9.31. The lowest BCUT2D eigenvalue weighted by molar-refractivity contribution is -0.140. The van der Waals surface area contributed by atoms with Crippen molar-refractivity contribution in [3.8, 4) is 0 Å². The second kappa shape index (κ2) is 4.60. The molecule has 0 saturated carbocycles. The van der Waals surface area contributed by atoms with E-state index in [0.29, 0.717) is 13.0 Å². The molecule has 2 rings (SSSR count). The molecular formula is C10H15N3O4. The largest absolute Gasteiger partial charge is 0.465 e. The van der Waals surface area contributed by atoms with E-state index < -0.39 is 18.2 Å². The highest BCUT2D eigenvalue weighted by molar-refractivity contribution is 5.94. The lowest BCUT2D eigenvalue weighted by Gasteiger charge is -2.33. The van der Waals surface area contributed by atoms with Gasteiger partial charge in [-0.25, -0.2) is 4.79 Å². The second-order valence-electron chi connectivity index (χ2n) is 4.29. The van der Waals surface area contributed by atoms with Crippen molar-refractivity contribution in [1.29, 1.82) is 0 Å². The van der Waals surface area contributed by atoms with E-state index >= 15 is 0 Å². The number of nitrogens with zero attached hydrogens (tertiary/aromatic N) is 1. The number of nitrogens with one attached hydrogen (secondary N) is 2. The Bertz CT molecular complexity index is 357. The molecular weight excluding hydrogens is 226 g/mol. The molecule has 2 aliphatic rings. The standard InChI is InChI=1S/C10H15N3O4/c14-8-7-3-1-2-4-13(7)9(15)6(5-11-8)12-10(16)17/h6-7,12H,1-5H2,(H,11,14)(H,16,17)/t6?,7-/m1/s1. The molecule has 2 atom stereocenters. The minimum atomic E-state index is -1.26. The number of rotatable bonds is 1. The number of carboxylic acid groups (broad SMARTS) is 1. The molecule has 0 radical (unpaired) electrons. The van der Waals surface area contributed by atoms with Crippen LogP contribution in [0.3, 0.4) is 0 Å². The van der Waals surface area contributed by atoms with Crippen molar-refractivity contribution in [3.05, 3.63) is 0 Å². The third-order valence-corrected chi connectivity index (χ3v) is 3.16. The summed E-state index contributed by atoms with van der Waals surface area (Å²) in [7, 11) is 0. The Morgan fingerprint density at radius 3 is 2.88 bits per heavy atom. The van der Waals surface area contributed by atoms with Gasteiger partial charge in [-0.1, -0.05) is 0 Å². The summed E-state index contributed by atoms with van der Waals surface area (Å²) in [6, 6.07) is -1.31. The SMILES string of the molecule is O=C(O)NC1CNC(=O)[C@H]2CCCCN2C1=O. The average Bonchev–Trinajstić information content (AvgIpc) is 2.42. The number of hydrogen-bond acceptors (Lipinski definition) is 3. The van der Waals surface area contributed by atoms with E-state index in [1.54, 1.807) is 0 Å². The number of amides is 3. The minimum absolute atomic E-state index is 0.0248. The average molecular weight is 241 g/mol. The first kappa shape index (κ1) is 11.7. The van der Waals surface area contributed by atoms with Gasteiger partial charge >= 0.3 is 6.09 Å². The first-order chi connectivity index (χ1) is 8.09. The van der Waals surface area contributed by atoms with E-state index in [2.05, 4.69) is 10.6 Å². The molecule has 0 aromatic rings. The van der Waals surface area contributed by atoms with Gasteiger partial charge in [-0.3, -0.25) is 9.59 Å². The van der Waals surface area contributed by atoms with Crippen LogP contribution in [-0.4, -0.2) is 53.1 Å². The molecule has 3 N–H and O–H groups in total. The summed E-state index contributed by atoms with van der Waals surface area (Å²) in [4.78, 5) is 35.9. The maximum atomic E-state index is 12.1. The number of carbonyl (C=O) groups excluding carboxylic acids is 2. The number of fused-ring (bicyclic) bond motifs is 1. The van der Waals surface area contributed by atoms with Gasteiger partial charge < -0.3 is 20.6 Å². The number of carbonyl (C=O) groups is 3. The molecule has 0 bridgehead atoms. The van der Waals surface area contributed by atoms with Gasteiger partial charge in [0.2, 0.25) is 11.8 Å². The molecule has 0 aromatic carbocycles. The Morgan fingerprint density at radius 1 is 1.41 bits per heavy atom. The van der Waals surface area contributed by atoms with E-state index in [1.165, 1.54) is 4.90 Å². The highest BCUT2D eigenvalue weighted by Gasteiger charge is 2.39. The highest BCUT2D eigenvalue weighted by atomic mass is 16.4. The molecule has 2 saturated heterocycles. The van der Waals surface area contributed by atoms with Gasteiger partial charge in [0.15, 0.2) is 0 Å². The molecule has 2 heterocycles. The predicted octanol–water partition coefficient (Wildman–Crippen LogP) is -0.867. The zero-order valence-electron chi connectivity index (χ0n) is 9.31. The quantitative estimate of drug-likeness (QED) is 0.556. The Morgan fingerprint density at radius 2 is 2.18 bits per heavy atom. The van der Waals surface area contributed by atoms with E-state index in [4.69, 9.17) is 5.11 Å². The topological polar surface area (TPSA) is 98.7 Å². The molecule has 0 aliphatic carbocycles. The van der Waals surface area contributed by atoms with Crippen LogP contribution >= 0.6 is 0 Å². The van der Waals surface area contributed by atoms with Crippen molar-refractivity contribution < 1.29 is 19.5 Å². The van der Waals surface area contributed by atoms with Crippen LogP contribution < -0.4 is 10.6 Å². The molecule has 0 aromatic heterocycles. The molecule has 0 spiro atoms. The van der Waals surface area contributed by atoms with Crippen molar-refractivity contribution in [2.24, 2.45) is 0 Å². The van der Waals surface area contributed by atoms with Gasteiger partial charge in [-0.05, 0) is 19.3 Å². The van der Waals surface area contributed by atoms with Gasteiger partial charge in [0.25, 0.3) is 0 Å². The molecule has 7 heteroatoms. The van der Waals surface area contributed by atoms with Crippen molar-refractivity contribution in [3.63, 3.8) is 0 Å². The van der Waals surface area contributed by atoms with Gasteiger partial charge in [0.1, 0.15) is 12.1 Å². The zero-order chi connectivity index (χ0) is 12.4. The van der Waals surface area contributed by atoms with E-state index in [9.17, 15) is 14.4 Å². The lowest BCUT2D eigenvalue weighted by Crippen LogP contribution is -2.53. The van der Waals surface area contributed by atoms with Gasteiger partial charge in [0, 0.05) is 13.1 Å². The summed E-state index contributed by atoms with van der Waals surface area (Å²) in [5, 5.41) is 13.4. The molecule has 1 unspecified atom stereocenters. The molecule has 94 valence electrons. The van der Waals surface area contributed by atoms with Crippen LogP contribution in [0, 0.1) is 0 Å². The number of piperidine rings is 1. The first-order valence-electron chi connectivity index (χ1n) is 5.67. The summed E-state index contributed by atoms with van der Waals surface area (Å²) < 4.78 is 0. The van der Waals surface area contributed by atoms with Crippen molar-refractivity contribution in [2.75, 3.05) is 13.1 Å². The fourth-order valence-electron chi connectivity index (χ4n) is 2.34. The Kier molecular flexibility index (Phi) is 3.16. The fourth-order valence-corrected chi connectivity index (χ4v) is 2.34. The van der Waals surface area contributed by atoms with E-state index in [0.717, 1.165) is 12.8 Å². The highest BCUT2D eigenvalue weighted by Crippen LogP contribution is 2.19. The van der Waals surface area contributed by atoms with Gasteiger partial charge in [0.05, 0.1) is 0 Å². The maximum absolute atomic E-state index is 12.1. The van der Waals surface area contributed by atoms with Crippen LogP contribution in [0.25, 0.3) is 0 Å². The first-order valence-corrected chi connectivity index (χ1v) is 5.67. The van der Waals surface area contributed by atoms with Crippen LogP contribution in [0.2, 0.25) is 0 Å². The Labute approximate surface area is 98.2 Å². The smallest absolute Gasteiger partial charge is 0.405 e. The summed E-state index contributed by atoms with van der Waals surface area (Å²) in [5.41, 5.74) is 0. The minimum Gasteiger partial charge on any atom is -0.465 e. The van der Waals surface area contributed by atoms with Crippen LogP contribution in [0.5, 0.6) is 0 Å². The van der Waals surface area contributed by atoms with Gasteiger partial charge in [-0.2, -0.15) is 0 Å². The van der Waals surface area contributed by atoms with Crippen LogP contribution in [-0.2, 0) is 9.59 Å². The lowest BCUT2D eigenvalue weighted by atomic mass is 10.0. The summed E-state index contributed by atoms with van der Waals surface area (Å²) in [6.07, 6.45) is 1.17. The molecule has 3 amide bonds. The van der Waals surface area contributed by atoms with Crippen LogP contribution in [0.1, 0.15) is 19.3 Å². The monoisotopic (exact) mass is 241 g/mol. The van der Waals surface area contributed by atoms with Gasteiger partial charge in [-0.15, -0.1) is 0 Å². The molecule has 2 fully saturated rings. The van der Waals surface area contributed by atoms with Crippen molar-refractivity contribution >= 4 is 17.9 Å². The second-order valence-corrected chi connectivity index (χ2v) is 4.29. The third-order valence-electron chi connectivity index (χ3n) is 3.16. The summed E-state index contributed by atoms with van der Waals surface area (Å²) in [5.74, 6) is -0.497.